The molecule has 2 unspecified atom stereocenters. The van der Waals surface area contributed by atoms with Crippen molar-refractivity contribution in [1.29, 1.82) is 0 Å². The molecule has 1 saturated heterocycles. The number of fused-ring (bicyclic) bond motifs is 2. The van der Waals surface area contributed by atoms with E-state index >= 15 is 0 Å². The summed E-state index contributed by atoms with van der Waals surface area (Å²) < 4.78 is 0. The lowest BCUT2D eigenvalue weighted by molar-refractivity contribution is -0.336. The second kappa shape index (κ2) is 10.7. The summed E-state index contributed by atoms with van der Waals surface area (Å²) in [6.45, 7) is 2.16. The smallest absolute Gasteiger partial charge is 0.303 e. The van der Waals surface area contributed by atoms with Crippen LogP contribution in [-0.2, 0) is 14.6 Å². The second-order valence-corrected chi connectivity index (χ2v) is 7.19. The van der Waals surface area contributed by atoms with Gasteiger partial charge in [-0.1, -0.05) is 50.5 Å². The monoisotopic (exact) mass is 352 g/mol. The fourth-order valence-electron chi connectivity index (χ4n) is 3.72. The highest BCUT2D eigenvalue weighted by Gasteiger charge is 2.49. The Bertz CT molecular complexity index is 459. The average Bonchev–Trinajstić information content (AvgIpc) is 3.17. The first-order valence-electron chi connectivity index (χ1n) is 9.67. The van der Waals surface area contributed by atoms with Gasteiger partial charge in [0.1, 0.15) is 6.10 Å². The molecule has 1 aliphatic carbocycles. The molecule has 0 aromatic rings. The Morgan fingerprint density at radius 3 is 2.76 bits per heavy atom. The van der Waals surface area contributed by atoms with Crippen LogP contribution in [0.5, 0.6) is 0 Å². The van der Waals surface area contributed by atoms with Gasteiger partial charge in [0.05, 0.1) is 12.2 Å². The molecule has 1 saturated carbocycles. The minimum Gasteiger partial charge on any atom is -0.481 e. The molecule has 5 nitrogen and oxygen atoms in total. The van der Waals surface area contributed by atoms with Crippen molar-refractivity contribution in [2.24, 2.45) is 11.8 Å². The van der Waals surface area contributed by atoms with Crippen LogP contribution >= 0.6 is 0 Å². The van der Waals surface area contributed by atoms with Gasteiger partial charge in [-0.2, -0.15) is 0 Å². The van der Waals surface area contributed by atoms with E-state index in [1.54, 1.807) is 0 Å². The number of carboxylic acid groups (broad SMARTS) is 1. The molecular weight excluding hydrogens is 320 g/mol. The number of unbranched alkanes of at least 4 members (excludes halogenated alkanes) is 3. The molecule has 0 amide bonds. The Balaban J connectivity index is 1.78. The zero-order valence-electron chi connectivity index (χ0n) is 15.2. The number of hydrogen-bond acceptors (Lipinski definition) is 4. The number of carboxylic acids is 1. The van der Waals surface area contributed by atoms with E-state index in [2.05, 4.69) is 25.2 Å². The molecule has 0 radical (unpaired) electrons. The number of aliphatic hydroxyl groups excluding tert-OH is 1. The van der Waals surface area contributed by atoms with Crippen LogP contribution in [0.1, 0.15) is 64.7 Å². The van der Waals surface area contributed by atoms with Gasteiger partial charge >= 0.3 is 5.97 Å². The summed E-state index contributed by atoms with van der Waals surface area (Å²) in [7, 11) is 0. The van der Waals surface area contributed by atoms with Gasteiger partial charge in [-0.15, -0.1) is 0 Å². The zero-order valence-corrected chi connectivity index (χ0v) is 15.2. The number of aliphatic carboxylic acids is 1. The van der Waals surface area contributed by atoms with Gasteiger partial charge < -0.3 is 10.2 Å². The maximum Gasteiger partial charge on any atom is 0.303 e. The van der Waals surface area contributed by atoms with Crippen molar-refractivity contribution in [3.05, 3.63) is 24.3 Å². The van der Waals surface area contributed by atoms with Gasteiger partial charge in [0.25, 0.3) is 0 Å². The predicted octanol–water partition coefficient (Wildman–Crippen LogP) is 4.02. The van der Waals surface area contributed by atoms with Gasteiger partial charge in [-0.25, -0.2) is 9.78 Å². The quantitative estimate of drug-likeness (QED) is 0.315. The molecule has 1 heterocycles. The van der Waals surface area contributed by atoms with Gasteiger partial charge in [0.2, 0.25) is 0 Å². The summed E-state index contributed by atoms with van der Waals surface area (Å²) >= 11 is 0. The first-order chi connectivity index (χ1) is 12.1. The Kier molecular flexibility index (Phi) is 8.65. The first kappa shape index (κ1) is 20.1. The van der Waals surface area contributed by atoms with Crippen LogP contribution in [0.25, 0.3) is 0 Å². The lowest BCUT2D eigenvalue weighted by Gasteiger charge is -2.27. The average molecular weight is 352 g/mol. The minimum absolute atomic E-state index is 0.0921. The lowest BCUT2D eigenvalue weighted by Crippen LogP contribution is -2.28. The maximum atomic E-state index is 10.5. The molecule has 2 rings (SSSR count). The van der Waals surface area contributed by atoms with Crippen molar-refractivity contribution in [3.63, 3.8) is 0 Å². The number of hydrogen-bond donors (Lipinski definition) is 2. The van der Waals surface area contributed by atoms with Crippen molar-refractivity contribution >= 4 is 5.97 Å². The van der Waals surface area contributed by atoms with Crippen molar-refractivity contribution in [2.75, 3.05) is 0 Å². The Morgan fingerprint density at radius 1 is 1.20 bits per heavy atom. The van der Waals surface area contributed by atoms with Crippen LogP contribution < -0.4 is 0 Å². The number of rotatable bonds is 12. The molecule has 2 bridgehead atoms. The molecule has 5 atom stereocenters. The lowest BCUT2D eigenvalue weighted by atomic mass is 9.89. The Morgan fingerprint density at radius 2 is 2.00 bits per heavy atom. The second-order valence-electron chi connectivity index (χ2n) is 7.19. The van der Waals surface area contributed by atoms with Crippen molar-refractivity contribution < 1.29 is 24.8 Å². The van der Waals surface area contributed by atoms with Crippen LogP contribution in [0, 0.1) is 11.8 Å². The summed E-state index contributed by atoms with van der Waals surface area (Å²) in [6, 6.07) is 0. The zero-order chi connectivity index (χ0) is 18.1. The molecule has 2 fully saturated rings. The first-order valence-corrected chi connectivity index (χ1v) is 9.67. The largest absolute Gasteiger partial charge is 0.481 e. The van der Waals surface area contributed by atoms with Gasteiger partial charge in [0, 0.05) is 24.7 Å². The number of carbonyl (C=O) groups is 1. The van der Waals surface area contributed by atoms with E-state index in [-0.39, 0.29) is 30.7 Å². The molecule has 2 N–H and O–H groups in total. The van der Waals surface area contributed by atoms with Crippen molar-refractivity contribution in [1.82, 2.24) is 0 Å². The normalized spacial score (nSPS) is 29.8. The molecule has 5 heteroatoms. The van der Waals surface area contributed by atoms with E-state index in [0.29, 0.717) is 12.3 Å². The fourth-order valence-corrected chi connectivity index (χ4v) is 3.72. The van der Waals surface area contributed by atoms with Crippen LogP contribution in [0.15, 0.2) is 24.3 Å². The minimum atomic E-state index is -0.741. The molecule has 0 spiro atoms. The third-order valence-corrected chi connectivity index (χ3v) is 5.16. The highest BCUT2D eigenvalue weighted by Crippen LogP contribution is 2.44. The summed E-state index contributed by atoms with van der Waals surface area (Å²) in [4.78, 5) is 21.3. The van der Waals surface area contributed by atoms with E-state index in [0.717, 1.165) is 44.9 Å². The Labute approximate surface area is 150 Å². The molecular formula is C20H32O5. The molecule has 2 aliphatic rings. The van der Waals surface area contributed by atoms with Crippen molar-refractivity contribution in [2.45, 2.75) is 83.0 Å². The van der Waals surface area contributed by atoms with E-state index in [9.17, 15) is 9.90 Å². The molecule has 25 heavy (non-hydrogen) atoms. The third kappa shape index (κ3) is 6.57. The van der Waals surface area contributed by atoms with Gasteiger partial charge in [0.15, 0.2) is 0 Å². The van der Waals surface area contributed by atoms with E-state index in [1.807, 2.05) is 6.08 Å². The van der Waals surface area contributed by atoms with Gasteiger partial charge in [-0.05, 0) is 25.7 Å². The number of aliphatic hydroxyl groups is 1. The van der Waals surface area contributed by atoms with Crippen molar-refractivity contribution in [3.8, 4) is 0 Å². The standard InChI is InChI=1S/C20H32O5/c1-2-3-6-9-15(21)12-13-17-16(18-14-19(17)25-24-18)10-7-4-5-8-11-20(22)23/h4,7,12-13,15-19,21H,2-3,5-6,8-11,14H2,1H3,(H,22,23)/b7-4-,13-12+/t15-,16+,17+,18?,19?/m0/s1. The molecule has 142 valence electrons. The van der Waals surface area contributed by atoms with Crippen LogP contribution in [-0.4, -0.2) is 34.5 Å². The third-order valence-electron chi connectivity index (χ3n) is 5.16. The summed E-state index contributed by atoms with van der Waals surface area (Å²) in [5.41, 5.74) is 0. The van der Waals surface area contributed by atoms with E-state index in [4.69, 9.17) is 14.9 Å². The topological polar surface area (TPSA) is 76.0 Å². The van der Waals surface area contributed by atoms with Crippen LogP contribution in [0.3, 0.4) is 0 Å². The molecule has 0 aromatic heterocycles. The number of allylic oxidation sites excluding steroid dienone is 2. The summed E-state index contributed by atoms with van der Waals surface area (Å²) in [5.74, 6) is -0.0912. The van der Waals surface area contributed by atoms with Crippen LogP contribution in [0.2, 0.25) is 0 Å². The SMILES string of the molecule is CCCCC[C@H](O)/C=C/[C@H]1C2CC(OO2)[C@@H]1C/C=C\CCCC(=O)O. The van der Waals surface area contributed by atoms with E-state index in [1.165, 1.54) is 0 Å². The summed E-state index contributed by atoms with van der Waals surface area (Å²) in [5, 5.41) is 18.7. The fraction of sp³-hybridized carbons (Fsp3) is 0.750. The van der Waals surface area contributed by atoms with Gasteiger partial charge in [-0.3, -0.25) is 4.79 Å². The molecule has 1 aliphatic heterocycles. The maximum absolute atomic E-state index is 10.5. The Hall–Kier alpha value is -1.17. The van der Waals surface area contributed by atoms with Crippen LogP contribution in [0.4, 0.5) is 0 Å². The molecule has 0 aromatic carbocycles. The highest BCUT2D eigenvalue weighted by atomic mass is 17.2. The predicted molar refractivity (Wildman–Crippen MR) is 95.9 cm³/mol. The highest BCUT2D eigenvalue weighted by molar-refractivity contribution is 5.66. The summed E-state index contributed by atoms with van der Waals surface area (Å²) in [6.07, 6.45) is 15.8. The van der Waals surface area contributed by atoms with E-state index < -0.39 is 5.97 Å².